The first kappa shape index (κ1) is 13.6. The third-order valence-corrected chi connectivity index (χ3v) is 3.01. The van der Waals surface area contributed by atoms with Crippen LogP contribution in [-0.4, -0.2) is 21.1 Å². The lowest BCUT2D eigenvalue weighted by atomic mass is 10.4. The summed E-state index contributed by atoms with van der Waals surface area (Å²) in [7, 11) is 0. The van der Waals surface area contributed by atoms with E-state index < -0.39 is 11.9 Å². The highest BCUT2D eigenvalue weighted by atomic mass is 35.5. The monoisotopic (exact) mass is 270 g/mol. The van der Waals surface area contributed by atoms with Gasteiger partial charge in [0.25, 0.3) is 0 Å². The van der Waals surface area contributed by atoms with Gasteiger partial charge >= 0.3 is 6.18 Å². The highest BCUT2D eigenvalue weighted by molar-refractivity contribution is 7.99. The van der Waals surface area contributed by atoms with Gasteiger partial charge in [-0.2, -0.15) is 13.2 Å². The van der Waals surface area contributed by atoms with Crippen molar-refractivity contribution in [3.63, 3.8) is 0 Å². The molecule has 1 unspecified atom stereocenters. The molecule has 0 aliphatic rings. The van der Waals surface area contributed by atoms with Crippen LogP contribution in [0, 0.1) is 0 Å². The average Bonchev–Trinajstić information content (AvgIpc) is 2.17. The first-order valence-corrected chi connectivity index (χ1v) is 5.97. The molecule has 0 aromatic carbocycles. The summed E-state index contributed by atoms with van der Waals surface area (Å²) in [5, 5.41) is 0.230. The van der Waals surface area contributed by atoms with Crippen molar-refractivity contribution in [1.82, 2.24) is 9.97 Å². The van der Waals surface area contributed by atoms with Crippen LogP contribution in [0.4, 0.5) is 13.2 Å². The molecule has 0 aliphatic carbocycles. The molecule has 0 radical (unpaired) electrons. The van der Waals surface area contributed by atoms with Gasteiger partial charge in [0.05, 0.1) is 0 Å². The quantitative estimate of drug-likeness (QED) is 0.475. The van der Waals surface area contributed by atoms with Crippen LogP contribution in [0.1, 0.15) is 19.0 Å². The van der Waals surface area contributed by atoms with Gasteiger partial charge in [-0.15, -0.1) is 11.6 Å². The molecule has 1 atom stereocenters. The Balaban J connectivity index is 2.75. The van der Waals surface area contributed by atoms with Gasteiger partial charge in [0.1, 0.15) is 5.69 Å². The molecule has 2 nitrogen and oxygen atoms in total. The van der Waals surface area contributed by atoms with Crippen LogP contribution in [0.3, 0.4) is 0 Å². The number of halogens is 4. The van der Waals surface area contributed by atoms with Crippen molar-refractivity contribution in [3.05, 3.63) is 18.0 Å². The largest absolute Gasteiger partial charge is 0.433 e. The second kappa shape index (κ2) is 5.72. The summed E-state index contributed by atoms with van der Waals surface area (Å²) >= 11 is 6.72. The minimum Gasteiger partial charge on any atom is -0.231 e. The fraction of sp³-hybridized carbons (Fsp3) is 0.556. The van der Waals surface area contributed by atoms with Crippen molar-refractivity contribution in [2.45, 2.75) is 29.9 Å². The second-order valence-corrected chi connectivity index (χ2v) is 4.91. The lowest BCUT2D eigenvalue weighted by molar-refractivity contribution is -0.141. The fourth-order valence-electron chi connectivity index (χ4n) is 0.948. The standard InChI is InChI=1S/C9H10ClF3N2S/c1-6(2-4-10)16-8-14-5-3-7(15-8)9(11,12)13/h3,5-6H,2,4H2,1H3. The Labute approximate surface area is 101 Å². The molecule has 0 saturated heterocycles. The zero-order chi connectivity index (χ0) is 12.2. The molecule has 1 heterocycles. The van der Waals surface area contributed by atoms with E-state index in [4.69, 9.17) is 11.6 Å². The van der Waals surface area contributed by atoms with E-state index in [1.165, 1.54) is 11.8 Å². The molecule has 0 saturated carbocycles. The Kier molecular flexibility index (Phi) is 4.86. The van der Waals surface area contributed by atoms with Gasteiger partial charge in [-0.05, 0) is 12.5 Å². The number of thioether (sulfide) groups is 1. The highest BCUT2D eigenvalue weighted by Gasteiger charge is 2.32. The van der Waals surface area contributed by atoms with Crippen molar-refractivity contribution in [2.24, 2.45) is 0 Å². The summed E-state index contributed by atoms with van der Waals surface area (Å²) in [6, 6.07) is 0.857. The molecule has 0 N–H and O–H groups in total. The van der Waals surface area contributed by atoms with Gasteiger partial charge in [-0.25, -0.2) is 9.97 Å². The van der Waals surface area contributed by atoms with Crippen molar-refractivity contribution >= 4 is 23.4 Å². The van der Waals surface area contributed by atoms with Crippen LogP contribution in [0.5, 0.6) is 0 Å². The number of aromatic nitrogens is 2. The molecule has 0 aliphatic heterocycles. The number of rotatable bonds is 4. The normalized spacial score (nSPS) is 13.8. The maximum Gasteiger partial charge on any atom is 0.433 e. The lowest BCUT2D eigenvalue weighted by Crippen LogP contribution is -2.09. The van der Waals surface area contributed by atoms with Crippen molar-refractivity contribution in [3.8, 4) is 0 Å². The van der Waals surface area contributed by atoms with Gasteiger partial charge in [0.15, 0.2) is 5.16 Å². The average molecular weight is 271 g/mol. The van der Waals surface area contributed by atoms with Gasteiger partial charge in [-0.3, -0.25) is 0 Å². The van der Waals surface area contributed by atoms with Crippen LogP contribution in [0.2, 0.25) is 0 Å². The first-order chi connectivity index (χ1) is 7.43. The Hall–Kier alpha value is -0.490. The summed E-state index contributed by atoms with van der Waals surface area (Å²) in [4.78, 5) is 7.23. The van der Waals surface area contributed by atoms with Gasteiger partial charge in [-0.1, -0.05) is 18.7 Å². The van der Waals surface area contributed by atoms with Crippen LogP contribution >= 0.6 is 23.4 Å². The molecule has 1 rings (SSSR count). The van der Waals surface area contributed by atoms with E-state index in [1.807, 2.05) is 6.92 Å². The van der Waals surface area contributed by atoms with Gasteiger partial charge < -0.3 is 0 Å². The predicted octanol–water partition coefficient (Wildman–Crippen LogP) is 3.60. The van der Waals surface area contributed by atoms with E-state index in [0.29, 0.717) is 12.3 Å². The third kappa shape index (κ3) is 4.17. The van der Waals surface area contributed by atoms with Gasteiger partial charge in [0, 0.05) is 17.3 Å². The van der Waals surface area contributed by atoms with E-state index in [0.717, 1.165) is 12.3 Å². The first-order valence-electron chi connectivity index (χ1n) is 4.56. The van der Waals surface area contributed by atoms with Crippen molar-refractivity contribution < 1.29 is 13.2 Å². The zero-order valence-electron chi connectivity index (χ0n) is 8.46. The number of hydrogen-bond acceptors (Lipinski definition) is 3. The molecule has 90 valence electrons. The summed E-state index contributed by atoms with van der Waals surface area (Å²) in [6.07, 6.45) is -2.61. The van der Waals surface area contributed by atoms with Gasteiger partial charge in [0.2, 0.25) is 0 Å². The lowest BCUT2D eigenvalue weighted by Gasteiger charge is -2.09. The Morgan fingerprint density at radius 1 is 1.50 bits per heavy atom. The predicted molar refractivity (Wildman–Crippen MR) is 57.7 cm³/mol. The molecule has 0 spiro atoms. The topological polar surface area (TPSA) is 25.8 Å². The van der Waals surface area contributed by atoms with Crippen LogP contribution in [0.25, 0.3) is 0 Å². The van der Waals surface area contributed by atoms with E-state index in [1.54, 1.807) is 0 Å². The highest BCUT2D eigenvalue weighted by Crippen LogP contribution is 2.29. The zero-order valence-corrected chi connectivity index (χ0v) is 10.0. The van der Waals surface area contributed by atoms with E-state index in [-0.39, 0.29) is 10.4 Å². The smallest absolute Gasteiger partial charge is 0.231 e. The van der Waals surface area contributed by atoms with Crippen LogP contribution < -0.4 is 0 Å². The summed E-state index contributed by atoms with van der Waals surface area (Å²) in [5.41, 5.74) is -0.914. The molecule has 1 aromatic rings. The maximum atomic E-state index is 12.3. The Morgan fingerprint density at radius 3 is 2.75 bits per heavy atom. The van der Waals surface area contributed by atoms with Crippen molar-refractivity contribution in [2.75, 3.05) is 5.88 Å². The molecular formula is C9H10ClF3N2S. The molecular weight excluding hydrogens is 261 g/mol. The number of nitrogens with zero attached hydrogens (tertiary/aromatic N) is 2. The molecule has 7 heteroatoms. The molecule has 0 fully saturated rings. The minimum atomic E-state index is -4.42. The molecule has 0 amide bonds. The van der Waals surface area contributed by atoms with E-state index >= 15 is 0 Å². The summed E-state index contributed by atoms with van der Waals surface area (Å²) < 4.78 is 37.0. The molecule has 16 heavy (non-hydrogen) atoms. The molecule has 0 bridgehead atoms. The fourth-order valence-corrected chi connectivity index (χ4v) is 2.27. The Morgan fingerprint density at radius 2 is 2.19 bits per heavy atom. The van der Waals surface area contributed by atoms with Crippen molar-refractivity contribution in [1.29, 1.82) is 0 Å². The SMILES string of the molecule is CC(CCCl)Sc1nccc(C(F)(F)F)n1. The van der Waals surface area contributed by atoms with Crippen LogP contribution in [0.15, 0.2) is 17.4 Å². The number of hydrogen-bond donors (Lipinski definition) is 0. The maximum absolute atomic E-state index is 12.3. The summed E-state index contributed by atoms with van der Waals surface area (Å²) in [5.74, 6) is 0.465. The second-order valence-electron chi connectivity index (χ2n) is 3.13. The van der Waals surface area contributed by atoms with E-state index in [9.17, 15) is 13.2 Å². The minimum absolute atomic E-state index is 0.0981. The number of alkyl halides is 4. The summed E-state index contributed by atoms with van der Waals surface area (Å²) in [6.45, 7) is 1.87. The van der Waals surface area contributed by atoms with E-state index in [2.05, 4.69) is 9.97 Å². The van der Waals surface area contributed by atoms with Crippen LogP contribution in [-0.2, 0) is 6.18 Å². The molecule has 1 aromatic heterocycles. The third-order valence-electron chi connectivity index (χ3n) is 1.75. The Bertz CT molecular complexity index is 346.